The summed E-state index contributed by atoms with van der Waals surface area (Å²) in [7, 11) is 1.57. The third-order valence-corrected chi connectivity index (χ3v) is 6.90. The molecule has 1 aliphatic heterocycles. The zero-order chi connectivity index (χ0) is 28.2. The van der Waals surface area contributed by atoms with Crippen LogP contribution in [0, 0.1) is 5.82 Å². The van der Waals surface area contributed by atoms with Crippen LogP contribution in [0.1, 0.15) is 45.9 Å². The molecule has 4 aromatic carbocycles. The predicted molar refractivity (Wildman–Crippen MR) is 151 cm³/mol. The maximum Gasteiger partial charge on any atom is 0.255 e. The van der Waals surface area contributed by atoms with Crippen LogP contribution in [0.3, 0.4) is 0 Å². The fraction of sp³-hybridized carbons (Fsp3) is 0.156. The van der Waals surface area contributed by atoms with Crippen molar-refractivity contribution >= 4 is 29.1 Å². The smallest absolute Gasteiger partial charge is 0.255 e. The number of ether oxygens (including phenoxy) is 1. The van der Waals surface area contributed by atoms with E-state index in [9.17, 15) is 18.8 Å². The molecule has 3 amide bonds. The van der Waals surface area contributed by atoms with Gasteiger partial charge in [0.25, 0.3) is 5.91 Å². The van der Waals surface area contributed by atoms with Crippen LogP contribution in [0.4, 0.5) is 15.8 Å². The number of rotatable bonds is 7. The third kappa shape index (κ3) is 5.56. The lowest BCUT2D eigenvalue weighted by Crippen LogP contribution is -2.45. The molecule has 0 saturated heterocycles. The van der Waals surface area contributed by atoms with Crippen molar-refractivity contribution in [1.29, 1.82) is 0 Å². The van der Waals surface area contributed by atoms with Crippen LogP contribution in [-0.4, -0.2) is 29.7 Å². The highest BCUT2D eigenvalue weighted by Crippen LogP contribution is 2.44. The number of nitrogens with one attached hydrogen (secondary N) is 2. The number of carbonyl (C=O) groups excluding carboxylic acids is 3. The second-order valence-electron chi connectivity index (χ2n) is 9.59. The zero-order valence-corrected chi connectivity index (χ0v) is 22.1. The van der Waals surface area contributed by atoms with Crippen LogP contribution >= 0.6 is 0 Å². The molecular formula is C32H28FN3O4. The minimum absolute atomic E-state index is 0.173. The first-order chi connectivity index (χ1) is 19.3. The van der Waals surface area contributed by atoms with E-state index < -0.39 is 12.0 Å². The second-order valence-corrected chi connectivity index (χ2v) is 9.59. The van der Waals surface area contributed by atoms with Crippen molar-refractivity contribution < 1.29 is 23.5 Å². The standard InChI is InChI=1S/C32H28FN3O4/c1-20(37)34-24-6-5-7-25(18-24)35-31(38)29-27-8-3-4-9-28(27)32(39)36(19-21-10-14-23(33)15-11-21)30(29)22-12-16-26(40-2)17-13-22/h3-18,29-30H,19H2,1-2H3,(H,34,37)(H,35,38). The number of hydrogen-bond acceptors (Lipinski definition) is 4. The van der Waals surface area contributed by atoms with E-state index in [-0.39, 0.29) is 30.1 Å². The molecule has 2 atom stereocenters. The summed E-state index contributed by atoms with van der Waals surface area (Å²) in [5.74, 6) is -1.26. The number of halogens is 1. The van der Waals surface area contributed by atoms with Crippen molar-refractivity contribution in [1.82, 2.24) is 4.90 Å². The first kappa shape index (κ1) is 26.6. The van der Waals surface area contributed by atoms with Crippen molar-refractivity contribution in [3.8, 4) is 5.75 Å². The molecule has 7 nitrogen and oxygen atoms in total. The number of methoxy groups -OCH3 is 1. The number of amides is 3. The van der Waals surface area contributed by atoms with Gasteiger partial charge in [0.05, 0.1) is 19.1 Å². The Morgan fingerprint density at radius 2 is 1.55 bits per heavy atom. The number of fused-ring (bicyclic) bond motifs is 1. The van der Waals surface area contributed by atoms with Gasteiger partial charge in [-0.2, -0.15) is 0 Å². The zero-order valence-electron chi connectivity index (χ0n) is 22.1. The number of carbonyl (C=O) groups is 3. The summed E-state index contributed by atoms with van der Waals surface area (Å²) in [5.41, 5.74) is 3.58. The second kappa shape index (κ2) is 11.4. The molecule has 4 aromatic rings. The fourth-order valence-corrected chi connectivity index (χ4v) is 5.11. The van der Waals surface area contributed by atoms with E-state index in [0.717, 1.165) is 11.1 Å². The highest BCUT2D eigenvalue weighted by Gasteiger charge is 2.44. The van der Waals surface area contributed by atoms with E-state index in [4.69, 9.17) is 4.74 Å². The Labute approximate surface area is 231 Å². The van der Waals surface area contributed by atoms with Crippen molar-refractivity contribution in [3.05, 3.63) is 125 Å². The van der Waals surface area contributed by atoms with E-state index >= 15 is 0 Å². The molecule has 1 aliphatic rings. The molecule has 0 saturated carbocycles. The lowest BCUT2D eigenvalue weighted by Gasteiger charge is -2.42. The average Bonchev–Trinajstić information content (AvgIpc) is 2.95. The average molecular weight is 538 g/mol. The van der Waals surface area contributed by atoms with Crippen LogP contribution in [0.15, 0.2) is 97.1 Å². The molecule has 0 aliphatic carbocycles. The topological polar surface area (TPSA) is 87.7 Å². The van der Waals surface area contributed by atoms with E-state index in [1.165, 1.54) is 19.1 Å². The van der Waals surface area contributed by atoms with E-state index in [1.54, 1.807) is 78.7 Å². The van der Waals surface area contributed by atoms with Gasteiger partial charge < -0.3 is 20.3 Å². The van der Waals surface area contributed by atoms with E-state index in [0.29, 0.717) is 28.3 Å². The molecule has 0 fully saturated rings. The van der Waals surface area contributed by atoms with Crippen molar-refractivity contribution in [2.24, 2.45) is 0 Å². The molecule has 2 N–H and O–H groups in total. The lowest BCUT2D eigenvalue weighted by molar-refractivity contribution is -0.119. The minimum atomic E-state index is -0.771. The Bertz CT molecular complexity index is 1550. The van der Waals surface area contributed by atoms with Gasteiger partial charge >= 0.3 is 0 Å². The summed E-state index contributed by atoms with van der Waals surface area (Å²) in [4.78, 5) is 41.2. The third-order valence-electron chi connectivity index (χ3n) is 6.90. The molecular weight excluding hydrogens is 509 g/mol. The number of nitrogens with zero attached hydrogens (tertiary/aromatic N) is 1. The molecule has 0 aromatic heterocycles. The maximum absolute atomic E-state index is 14.1. The van der Waals surface area contributed by atoms with Crippen LogP contribution in [0.25, 0.3) is 0 Å². The summed E-state index contributed by atoms with van der Waals surface area (Å²) in [6.45, 7) is 1.59. The SMILES string of the molecule is COc1ccc(C2C(C(=O)Nc3cccc(NC(C)=O)c3)c3ccccc3C(=O)N2Cc2ccc(F)cc2)cc1. The highest BCUT2D eigenvalue weighted by atomic mass is 19.1. The molecule has 1 heterocycles. The van der Waals surface area contributed by atoms with Gasteiger partial charge in [0.2, 0.25) is 11.8 Å². The Morgan fingerprint density at radius 1 is 0.875 bits per heavy atom. The summed E-state index contributed by atoms with van der Waals surface area (Å²) in [6.07, 6.45) is 0. The molecule has 0 spiro atoms. The van der Waals surface area contributed by atoms with Gasteiger partial charge in [-0.3, -0.25) is 14.4 Å². The minimum Gasteiger partial charge on any atom is -0.497 e. The first-order valence-electron chi connectivity index (χ1n) is 12.8. The molecule has 0 bridgehead atoms. The predicted octanol–water partition coefficient (Wildman–Crippen LogP) is 5.91. The Hall–Kier alpha value is -4.98. The van der Waals surface area contributed by atoms with Gasteiger partial charge in [-0.15, -0.1) is 0 Å². The van der Waals surface area contributed by atoms with Gasteiger partial charge in [-0.05, 0) is 65.2 Å². The maximum atomic E-state index is 14.1. The Kier molecular flexibility index (Phi) is 7.59. The van der Waals surface area contributed by atoms with Gasteiger partial charge in [0.1, 0.15) is 11.6 Å². The van der Waals surface area contributed by atoms with Crippen molar-refractivity contribution in [3.63, 3.8) is 0 Å². The van der Waals surface area contributed by atoms with Gasteiger partial charge in [-0.25, -0.2) is 4.39 Å². The summed E-state index contributed by atoms with van der Waals surface area (Å²) in [5, 5.41) is 5.71. The van der Waals surface area contributed by atoms with Crippen LogP contribution in [-0.2, 0) is 16.1 Å². The van der Waals surface area contributed by atoms with Gasteiger partial charge in [-0.1, -0.05) is 48.5 Å². The number of anilines is 2. The van der Waals surface area contributed by atoms with Crippen molar-refractivity contribution in [2.75, 3.05) is 17.7 Å². The fourth-order valence-electron chi connectivity index (χ4n) is 5.11. The molecule has 40 heavy (non-hydrogen) atoms. The van der Waals surface area contributed by atoms with Gasteiger partial charge in [0, 0.05) is 30.4 Å². The number of benzene rings is 4. The summed E-state index contributed by atoms with van der Waals surface area (Å²) in [6, 6.07) is 26.6. The largest absolute Gasteiger partial charge is 0.497 e. The Morgan fingerprint density at radius 3 is 2.23 bits per heavy atom. The summed E-state index contributed by atoms with van der Waals surface area (Å²) < 4.78 is 19.0. The normalized spacial score (nSPS) is 16.2. The number of hydrogen-bond donors (Lipinski definition) is 2. The van der Waals surface area contributed by atoms with Crippen LogP contribution in [0.2, 0.25) is 0 Å². The quantitative estimate of drug-likeness (QED) is 0.307. The molecule has 0 radical (unpaired) electrons. The van der Waals surface area contributed by atoms with Crippen LogP contribution < -0.4 is 15.4 Å². The molecule has 8 heteroatoms. The van der Waals surface area contributed by atoms with E-state index in [2.05, 4.69) is 10.6 Å². The monoisotopic (exact) mass is 537 g/mol. The first-order valence-corrected chi connectivity index (χ1v) is 12.8. The molecule has 2 unspecified atom stereocenters. The molecule has 202 valence electrons. The molecule has 5 rings (SSSR count). The van der Waals surface area contributed by atoms with Crippen molar-refractivity contribution in [2.45, 2.75) is 25.4 Å². The highest BCUT2D eigenvalue weighted by molar-refractivity contribution is 6.04. The van der Waals surface area contributed by atoms with Gasteiger partial charge in [0.15, 0.2) is 0 Å². The Balaban J connectivity index is 1.60. The lowest BCUT2D eigenvalue weighted by atomic mass is 9.79. The summed E-state index contributed by atoms with van der Waals surface area (Å²) >= 11 is 0. The van der Waals surface area contributed by atoms with E-state index in [1.807, 2.05) is 18.2 Å². The van der Waals surface area contributed by atoms with Crippen LogP contribution in [0.5, 0.6) is 5.75 Å².